The van der Waals surface area contributed by atoms with Crippen molar-refractivity contribution in [1.82, 2.24) is 0 Å². The van der Waals surface area contributed by atoms with Crippen molar-refractivity contribution >= 4 is 53.7 Å². The van der Waals surface area contributed by atoms with Crippen LogP contribution in [0.3, 0.4) is 0 Å². The molecule has 0 aromatic rings. The van der Waals surface area contributed by atoms with Gasteiger partial charge >= 0.3 is 89.5 Å². The van der Waals surface area contributed by atoms with Crippen LogP contribution in [0.5, 0.6) is 0 Å². The molecule has 0 saturated carbocycles. The molecule has 49 heavy (non-hydrogen) atoms. The Morgan fingerprint density at radius 2 is 0.429 bits per heavy atom. The SMILES string of the molecule is O=C([O-])CC(O)(CC(=O)[O-])C(=O)[O-].O=C([O-])CC(O)(CC(=O)[O-])C(=O)[O-].O=C([O-])CC(O)(CC(=O)[O-])C(=O)[O-].[Au+3].[Au+3].[Au+3].[Au+3].[C-]#N.[C-]#N.[C-]#N. The average molecular weight is 1430 g/mol. The fraction of sp³-hybridized carbons (Fsp3) is 0.429. The number of hydrogen-bond donors (Lipinski definition) is 3. The molecule has 0 aliphatic rings. The third kappa shape index (κ3) is 40.6. The first kappa shape index (κ1) is 71.5. The maximum Gasteiger partial charge on any atom is 3.00 e. The number of carboxylic acid groups (broad SMARTS) is 9. The van der Waals surface area contributed by atoms with E-state index in [2.05, 4.69) is 0 Å². The van der Waals surface area contributed by atoms with Crippen molar-refractivity contribution in [1.29, 1.82) is 15.8 Å². The second-order valence-corrected chi connectivity index (χ2v) is 7.25. The molecule has 0 radical (unpaired) electrons. The van der Waals surface area contributed by atoms with Gasteiger partial charge in [-0.05, 0) is 0 Å². The molecule has 0 saturated heterocycles. The van der Waals surface area contributed by atoms with Crippen LogP contribution in [0.4, 0.5) is 0 Å². The predicted octanol–water partition coefficient (Wildman–Crippen LogP) is -15.5. The molecular formula is C21H15Au4N3O21. The molecule has 0 bridgehead atoms. The van der Waals surface area contributed by atoms with Crippen LogP contribution in [0.15, 0.2) is 0 Å². The van der Waals surface area contributed by atoms with Crippen LogP contribution in [-0.2, 0) is 133 Å². The molecule has 0 rings (SSSR count). The molecule has 0 aromatic heterocycles. The maximum atomic E-state index is 10.1. The number of rotatable bonds is 15. The van der Waals surface area contributed by atoms with Gasteiger partial charge in [-0.1, -0.05) is 0 Å². The van der Waals surface area contributed by atoms with Crippen molar-refractivity contribution < 1.29 is 194 Å². The minimum absolute atomic E-state index is 0. The first-order chi connectivity index (χ1) is 20.3. The van der Waals surface area contributed by atoms with E-state index in [4.69, 9.17) is 50.8 Å². The number of aliphatic hydroxyl groups is 3. The van der Waals surface area contributed by atoms with Crippen LogP contribution in [-0.4, -0.2) is 85.8 Å². The molecule has 0 heterocycles. The van der Waals surface area contributed by atoms with Gasteiger partial charge in [-0.15, -0.1) is 0 Å². The smallest absolute Gasteiger partial charge is 0.550 e. The van der Waals surface area contributed by atoms with Gasteiger partial charge in [-0.3, -0.25) is 0 Å². The van der Waals surface area contributed by atoms with Gasteiger partial charge < -0.3 is 140 Å². The number of nitrogens with zero attached hydrogens (tertiary/aromatic N) is 3. The van der Waals surface area contributed by atoms with E-state index in [1.54, 1.807) is 0 Å². The van der Waals surface area contributed by atoms with E-state index >= 15 is 0 Å². The predicted molar refractivity (Wildman–Crippen MR) is 103 cm³/mol. The second kappa shape index (κ2) is 37.4. The van der Waals surface area contributed by atoms with Crippen LogP contribution in [0, 0.1) is 35.5 Å². The molecule has 0 amide bonds. The van der Waals surface area contributed by atoms with Gasteiger partial charge in [0.05, 0.1) is 17.9 Å². The van der Waals surface area contributed by atoms with E-state index in [0.29, 0.717) is 0 Å². The summed E-state index contributed by atoms with van der Waals surface area (Å²) in [6, 6.07) is 0. The summed E-state index contributed by atoms with van der Waals surface area (Å²) in [5.74, 6) is -18.0. The van der Waals surface area contributed by atoms with Crippen molar-refractivity contribution in [3.8, 4) is 0 Å². The largest absolute Gasteiger partial charge is 3.00 e. The van der Waals surface area contributed by atoms with Crippen molar-refractivity contribution in [2.45, 2.75) is 55.3 Å². The van der Waals surface area contributed by atoms with E-state index in [-0.39, 0.29) is 89.5 Å². The molecule has 284 valence electrons. The topological polar surface area (TPSA) is 493 Å². The van der Waals surface area contributed by atoms with Crippen molar-refractivity contribution in [2.75, 3.05) is 0 Å². The fourth-order valence-electron chi connectivity index (χ4n) is 2.05. The third-order valence-corrected chi connectivity index (χ3v) is 3.76. The summed E-state index contributed by atoms with van der Waals surface area (Å²) in [4.78, 5) is 90.0. The Labute approximate surface area is 336 Å². The van der Waals surface area contributed by atoms with Gasteiger partial charge in [0.2, 0.25) is 0 Å². The molecule has 3 N–H and O–H groups in total. The Morgan fingerprint density at radius 1 is 0.347 bits per heavy atom. The number of carbonyl (C=O) groups excluding carboxylic acids is 9. The zero-order valence-corrected chi connectivity index (χ0v) is 31.6. The average Bonchev–Trinajstić information content (AvgIpc) is 2.85. The molecule has 0 fully saturated rings. The second-order valence-electron chi connectivity index (χ2n) is 7.25. The van der Waals surface area contributed by atoms with Crippen LogP contribution in [0.1, 0.15) is 38.5 Å². The first-order valence-corrected chi connectivity index (χ1v) is 10.0. The van der Waals surface area contributed by atoms with Gasteiger partial charge in [0, 0.05) is 74.3 Å². The van der Waals surface area contributed by atoms with Crippen molar-refractivity contribution in [2.24, 2.45) is 0 Å². The summed E-state index contributed by atoms with van der Waals surface area (Å²) in [7, 11) is 0. The Morgan fingerprint density at radius 3 is 0.469 bits per heavy atom. The van der Waals surface area contributed by atoms with E-state index in [1.807, 2.05) is 0 Å². The molecule has 0 aliphatic heterocycles. The number of carboxylic acids is 9. The van der Waals surface area contributed by atoms with E-state index in [1.165, 1.54) is 0 Å². The van der Waals surface area contributed by atoms with Crippen LogP contribution in [0.25, 0.3) is 0 Å². The molecule has 0 aromatic carbocycles. The number of hydrogen-bond acceptors (Lipinski definition) is 24. The van der Waals surface area contributed by atoms with E-state index in [9.17, 15) is 89.1 Å². The number of aliphatic carboxylic acids is 9. The van der Waals surface area contributed by atoms with Gasteiger partial charge in [0.15, 0.2) is 0 Å². The van der Waals surface area contributed by atoms with Gasteiger partial charge in [0.1, 0.15) is 16.8 Å². The summed E-state index contributed by atoms with van der Waals surface area (Å²) in [6.45, 7) is 14.2. The summed E-state index contributed by atoms with van der Waals surface area (Å²) in [6.07, 6.45) is -8.15. The van der Waals surface area contributed by atoms with Crippen LogP contribution in [0.2, 0.25) is 0 Å². The quantitative estimate of drug-likeness (QED) is 0.101. The summed E-state index contributed by atoms with van der Waals surface area (Å²) in [5.41, 5.74) is -8.92. The molecule has 0 unspecified atom stereocenters. The minimum Gasteiger partial charge on any atom is -0.550 e. The molecule has 0 spiro atoms. The Balaban J connectivity index is -0.0000000519. The standard InChI is InChI=1S/3C6H8O7.3CN.4Au/c3*7-3(8)1-6(13,5(11)12)2-4(9)10;3*1-2;;;;/h3*13H,1-2H2,(H,7,8)(H,9,10)(H,11,12);;;;;;;/q;;;3*-1;4*+3/p-9. The van der Waals surface area contributed by atoms with Gasteiger partial charge in [-0.25, -0.2) is 0 Å². The molecule has 24 nitrogen and oxygen atoms in total. The monoisotopic (exact) mass is 1430 g/mol. The third-order valence-electron chi connectivity index (χ3n) is 3.76. The van der Waals surface area contributed by atoms with Crippen LogP contribution < -0.4 is 46.0 Å². The van der Waals surface area contributed by atoms with E-state index < -0.39 is 109 Å². The Bertz CT molecular complexity index is 957. The van der Waals surface area contributed by atoms with Gasteiger partial charge in [0.25, 0.3) is 0 Å². The van der Waals surface area contributed by atoms with Gasteiger partial charge in [-0.2, -0.15) is 0 Å². The molecular weight excluding hydrogens is 1420 g/mol. The zero-order valence-electron chi connectivity index (χ0n) is 23.0. The van der Waals surface area contributed by atoms with Crippen molar-refractivity contribution in [3.05, 3.63) is 19.7 Å². The molecule has 0 aliphatic carbocycles. The minimum atomic E-state index is -2.97. The molecule has 28 heteroatoms. The summed E-state index contributed by atoms with van der Waals surface area (Å²) < 4.78 is 0. The number of carbonyl (C=O) groups is 9. The van der Waals surface area contributed by atoms with E-state index in [0.717, 1.165) is 0 Å². The summed E-state index contributed by atoms with van der Waals surface area (Å²) in [5, 5.41) is 136. The van der Waals surface area contributed by atoms with Crippen LogP contribution >= 0.6 is 0 Å². The normalized spacial score (nSPS) is 8.76. The Hall–Kier alpha value is -3.46. The summed E-state index contributed by atoms with van der Waals surface area (Å²) >= 11 is 0. The fourth-order valence-corrected chi connectivity index (χ4v) is 2.05. The zero-order chi connectivity index (χ0) is 37.9. The first-order valence-electron chi connectivity index (χ1n) is 10.0. The molecule has 0 atom stereocenters. The Kier molecular flexibility index (Phi) is 54.5. The van der Waals surface area contributed by atoms with Crippen molar-refractivity contribution in [3.63, 3.8) is 0 Å². The maximum absolute atomic E-state index is 10.1.